The van der Waals surface area contributed by atoms with E-state index in [0.29, 0.717) is 28.3 Å². The number of amides is 2. The van der Waals surface area contributed by atoms with Crippen LogP contribution < -0.4 is 20.2 Å². The first-order chi connectivity index (χ1) is 17.3. The van der Waals surface area contributed by atoms with Crippen LogP contribution in [0.4, 0.5) is 5.69 Å². The van der Waals surface area contributed by atoms with Gasteiger partial charge in [0.2, 0.25) is 22.7 Å². The number of sulfonamides is 1. The standard InChI is InChI=1S/C25H24N4O6S/c1-18(30)27-21-8-10-22(11-9-21)36(32,33)29(15-19-5-3-2-4-6-19)16-25(31)28-26-14-20-7-12-23-24(13-20)35-17-34-23/h2-14H,15-17H2,1H3,(H,27,30)(H,28,31)/b26-14-. The Morgan fingerprint density at radius 2 is 1.72 bits per heavy atom. The van der Waals surface area contributed by atoms with Gasteiger partial charge in [-0.25, -0.2) is 13.8 Å². The zero-order chi connectivity index (χ0) is 25.5. The number of rotatable bonds is 9. The summed E-state index contributed by atoms with van der Waals surface area (Å²) < 4.78 is 38.5. The van der Waals surface area contributed by atoms with Crippen LogP contribution >= 0.6 is 0 Å². The Labute approximate surface area is 208 Å². The van der Waals surface area contributed by atoms with Crippen molar-refractivity contribution in [3.63, 3.8) is 0 Å². The molecular formula is C25H24N4O6S. The lowest BCUT2D eigenvalue weighted by molar-refractivity contribution is -0.121. The second-order valence-electron chi connectivity index (χ2n) is 7.87. The van der Waals surface area contributed by atoms with Crippen LogP contribution in [0.3, 0.4) is 0 Å². The largest absolute Gasteiger partial charge is 0.454 e. The second kappa shape index (κ2) is 11.0. The van der Waals surface area contributed by atoms with Crippen molar-refractivity contribution in [3.8, 4) is 11.5 Å². The molecule has 1 heterocycles. The SMILES string of the molecule is CC(=O)Nc1ccc(S(=O)(=O)N(CC(=O)N/N=C\c2ccc3c(c2)OCO3)Cc2ccccc2)cc1. The number of nitrogens with zero attached hydrogens (tertiary/aromatic N) is 2. The molecule has 0 bridgehead atoms. The number of ether oxygens (including phenoxy) is 2. The van der Waals surface area contributed by atoms with Crippen molar-refractivity contribution in [1.29, 1.82) is 0 Å². The quantitative estimate of drug-likeness (QED) is 0.338. The van der Waals surface area contributed by atoms with E-state index >= 15 is 0 Å². The lowest BCUT2D eigenvalue weighted by atomic mass is 10.2. The van der Waals surface area contributed by atoms with E-state index in [1.54, 1.807) is 42.5 Å². The molecule has 0 unspecified atom stereocenters. The van der Waals surface area contributed by atoms with Crippen LogP contribution in [0.2, 0.25) is 0 Å². The minimum atomic E-state index is -4.05. The summed E-state index contributed by atoms with van der Waals surface area (Å²) >= 11 is 0. The summed E-state index contributed by atoms with van der Waals surface area (Å²) in [6.45, 7) is 1.04. The molecule has 0 aromatic heterocycles. The first-order valence-electron chi connectivity index (χ1n) is 10.9. The normalized spacial score (nSPS) is 12.6. The summed E-state index contributed by atoms with van der Waals surface area (Å²) in [6, 6.07) is 19.9. The fraction of sp³-hybridized carbons (Fsp3) is 0.160. The molecule has 3 aromatic rings. The molecule has 2 amide bonds. The molecule has 1 aliphatic rings. The van der Waals surface area contributed by atoms with E-state index < -0.39 is 22.5 Å². The van der Waals surface area contributed by atoms with Gasteiger partial charge in [-0.3, -0.25) is 9.59 Å². The molecule has 1 aliphatic heterocycles. The zero-order valence-corrected chi connectivity index (χ0v) is 20.2. The van der Waals surface area contributed by atoms with Gasteiger partial charge in [-0.05, 0) is 53.6 Å². The number of anilines is 1. The van der Waals surface area contributed by atoms with Crippen LogP contribution in [0.15, 0.2) is 82.8 Å². The third kappa shape index (κ3) is 6.26. The molecule has 36 heavy (non-hydrogen) atoms. The highest BCUT2D eigenvalue weighted by molar-refractivity contribution is 7.89. The molecule has 3 aromatic carbocycles. The Morgan fingerprint density at radius 3 is 2.44 bits per heavy atom. The molecule has 0 fully saturated rings. The molecule has 2 N–H and O–H groups in total. The Bertz CT molecular complexity index is 1380. The second-order valence-corrected chi connectivity index (χ2v) is 9.81. The van der Waals surface area contributed by atoms with E-state index in [4.69, 9.17) is 9.47 Å². The summed E-state index contributed by atoms with van der Waals surface area (Å²) in [5.74, 6) is 0.327. The maximum atomic E-state index is 13.4. The average Bonchev–Trinajstić information content (AvgIpc) is 3.32. The average molecular weight is 509 g/mol. The molecule has 11 heteroatoms. The summed E-state index contributed by atoms with van der Waals surface area (Å²) in [4.78, 5) is 23.9. The maximum absolute atomic E-state index is 13.4. The number of carbonyl (C=O) groups is 2. The molecular weight excluding hydrogens is 484 g/mol. The first kappa shape index (κ1) is 24.9. The van der Waals surface area contributed by atoms with E-state index in [-0.39, 0.29) is 24.1 Å². The van der Waals surface area contributed by atoms with Crippen molar-refractivity contribution in [2.75, 3.05) is 18.7 Å². The van der Waals surface area contributed by atoms with Gasteiger partial charge in [0.05, 0.1) is 17.7 Å². The number of hydrazone groups is 1. The fourth-order valence-electron chi connectivity index (χ4n) is 3.44. The van der Waals surface area contributed by atoms with E-state index in [2.05, 4.69) is 15.8 Å². The van der Waals surface area contributed by atoms with Crippen LogP contribution in [0.1, 0.15) is 18.1 Å². The number of benzene rings is 3. The summed E-state index contributed by atoms with van der Waals surface area (Å²) in [7, 11) is -4.05. The van der Waals surface area contributed by atoms with Crippen LogP contribution in [-0.4, -0.2) is 44.1 Å². The highest BCUT2D eigenvalue weighted by Crippen LogP contribution is 2.32. The predicted molar refractivity (Wildman–Crippen MR) is 133 cm³/mol. The van der Waals surface area contributed by atoms with E-state index in [1.807, 2.05) is 6.07 Å². The van der Waals surface area contributed by atoms with Gasteiger partial charge in [0.25, 0.3) is 5.91 Å². The van der Waals surface area contributed by atoms with Gasteiger partial charge in [-0.15, -0.1) is 0 Å². The summed E-state index contributed by atoms with van der Waals surface area (Å²) in [5, 5.41) is 6.53. The molecule has 0 spiro atoms. The molecule has 0 radical (unpaired) electrons. The van der Waals surface area contributed by atoms with Crippen molar-refractivity contribution >= 4 is 33.7 Å². The number of fused-ring (bicyclic) bond motifs is 1. The third-order valence-corrected chi connectivity index (χ3v) is 6.94. The van der Waals surface area contributed by atoms with E-state index in [9.17, 15) is 18.0 Å². The number of nitrogens with one attached hydrogen (secondary N) is 2. The topological polar surface area (TPSA) is 126 Å². The van der Waals surface area contributed by atoms with Crippen LogP contribution in [0.5, 0.6) is 11.5 Å². The van der Waals surface area contributed by atoms with Gasteiger partial charge in [0, 0.05) is 19.2 Å². The van der Waals surface area contributed by atoms with Gasteiger partial charge < -0.3 is 14.8 Å². The summed E-state index contributed by atoms with van der Waals surface area (Å²) in [5.41, 5.74) is 4.23. The van der Waals surface area contributed by atoms with Crippen LogP contribution in [0.25, 0.3) is 0 Å². The van der Waals surface area contributed by atoms with E-state index in [0.717, 1.165) is 4.31 Å². The zero-order valence-electron chi connectivity index (χ0n) is 19.4. The van der Waals surface area contributed by atoms with Gasteiger partial charge in [-0.1, -0.05) is 30.3 Å². The molecule has 0 atom stereocenters. The highest BCUT2D eigenvalue weighted by Gasteiger charge is 2.27. The first-order valence-corrected chi connectivity index (χ1v) is 12.4. The summed E-state index contributed by atoms with van der Waals surface area (Å²) in [6.07, 6.45) is 1.43. The molecule has 0 aliphatic carbocycles. The smallest absolute Gasteiger partial charge is 0.255 e. The number of hydrogen-bond donors (Lipinski definition) is 2. The van der Waals surface area contributed by atoms with Crippen molar-refractivity contribution in [2.45, 2.75) is 18.4 Å². The minimum absolute atomic E-state index is 0.0100. The molecule has 186 valence electrons. The van der Waals surface area contributed by atoms with Crippen molar-refractivity contribution < 1.29 is 27.5 Å². The fourth-order valence-corrected chi connectivity index (χ4v) is 4.83. The predicted octanol–water partition coefficient (Wildman–Crippen LogP) is 2.71. The number of carbonyl (C=O) groups excluding carboxylic acids is 2. The molecule has 0 saturated carbocycles. The van der Waals surface area contributed by atoms with Crippen LogP contribution in [-0.2, 0) is 26.2 Å². The number of hydrogen-bond acceptors (Lipinski definition) is 7. The van der Waals surface area contributed by atoms with Crippen molar-refractivity contribution in [1.82, 2.24) is 9.73 Å². The molecule has 0 saturated heterocycles. The van der Waals surface area contributed by atoms with Gasteiger partial charge in [0.15, 0.2) is 11.5 Å². The van der Waals surface area contributed by atoms with E-state index in [1.165, 1.54) is 37.4 Å². The third-order valence-electron chi connectivity index (χ3n) is 5.13. The monoisotopic (exact) mass is 508 g/mol. The van der Waals surface area contributed by atoms with Crippen molar-refractivity contribution in [3.05, 3.63) is 83.9 Å². The Morgan fingerprint density at radius 1 is 1.00 bits per heavy atom. The molecule has 4 rings (SSSR count). The highest BCUT2D eigenvalue weighted by atomic mass is 32.2. The minimum Gasteiger partial charge on any atom is -0.454 e. The van der Waals surface area contributed by atoms with Crippen LogP contribution in [0, 0.1) is 0 Å². The Balaban J connectivity index is 1.48. The lowest BCUT2D eigenvalue weighted by Crippen LogP contribution is -2.39. The Hall–Kier alpha value is -4.22. The Kier molecular flexibility index (Phi) is 7.62. The molecule has 10 nitrogen and oxygen atoms in total. The lowest BCUT2D eigenvalue weighted by Gasteiger charge is -2.21. The van der Waals surface area contributed by atoms with Crippen molar-refractivity contribution in [2.24, 2.45) is 5.10 Å². The van der Waals surface area contributed by atoms with Gasteiger partial charge >= 0.3 is 0 Å². The van der Waals surface area contributed by atoms with Gasteiger partial charge in [0.1, 0.15) is 0 Å². The maximum Gasteiger partial charge on any atom is 0.255 e. The van der Waals surface area contributed by atoms with Gasteiger partial charge in [-0.2, -0.15) is 9.41 Å².